The number of unbranched alkanes of at least 4 members (excludes halogenated alkanes) is 3. The van der Waals surface area contributed by atoms with E-state index in [1.807, 2.05) is 44.2 Å². The molecule has 2 N–H and O–H groups in total. The third kappa shape index (κ3) is 8.81. The van der Waals surface area contributed by atoms with E-state index >= 15 is 0 Å². The minimum atomic E-state index is -0.101. The molecule has 7 nitrogen and oxygen atoms in total. The van der Waals surface area contributed by atoms with Gasteiger partial charge in [-0.05, 0) is 38.8 Å². The summed E-state index contributed by atoms with van der Waals surface area (Å²) in [6, 6.07) is 9.82. The van der Waals surface area contributed by atoms with Crippen LogP contribution >= 0.6 is 0 Å². The molecule has 7 heteroatoms. The molecule has 1 heterocycles. The summed E-state index contributed by atoms with van der Waals surface area (Å²) >= 11 is 0. The first-order valence-electron chi connectivity index (χ1n) is 10.4. The van der Waals surface area contributed by atoms with Crippen LogP contribution in [-0.4, -0.2) is 36.6 Å². The first kappa shape index (κ1) is 22.5. The molecule has 29 heavy (non-hydrogen) atoms. The van der Waals surface area contributed by atoms with E-state index in [4.69, 9.17) is 9.15 Å². The molecule has 0 fully saturated rings. The number of guanidine groups is 1. The largest absolute Gasteiger partial charge is 0.466 e. The second-order valence-corrected chi connectivity index (χ2v) is 6.60. The summed E-state index contributed by atoms with van der Waals surface area (Å²) < 4.78 is 10.5. The van der Waals surface area contributed by atoms with Crippen molar-refractivity contribution in [3.8, 4) is 11.5 Å². The summed E-state index contributed by atoms with van der Waals surface area (Å²) in [5, 5.41) is 6.58. The van der Waals surface area contributed by atoms with Gasteiger partial charge >= 0.3 is 5.97 Å². The monoisotopic (exact) mass is 400 g/mol. The maximum absolute atomic E-state index is 11.3. The fourth-order valence-electron chi connectivity index (χ4n) is 2.78. The van der Waals surface area contributed by atoms with E-state index in [1.54, 1.807) is 6.26 Å². The Morgan fingerprint density at radius 3 is 2.66 bits per heavy atom. The predicted molar refractivity (Wildman–Crippen MR) is 114 cm³/mol. The summed E-state index contributed by atoms with van der Waals surface area (Å²) in [6.45, 7) is 6.40. The first-order chi connectivity index (χ1) is 14.2. The lowest BCUT2D eigenvalue weighted by molar-refractivity contribution is -0.143. The molecule has 0 atom stereocenters. The van der Waals surface area contributed by atoms with E-state index in [0.717, 1.165) is 56.0 Å². The normalized spacial score (nSPS) is 11.3. The van der Waals surface area contributed by atoms with Crippen molar-refractivity contribution >= 4 is 11.9 Å². The van der Waals surface area contributed by atoms with Gasteiger partial charge in [-0.2, -0.15) is 0 Å². The van der Waals surface area contributed by atoms with Gasteiger partial charge in [0, 0.05) is 25.1 Å². The van der Waals surface area contributed by atoms with Crippen LogP contribution in [0.3, 0.4) is 0 Å². The third-order valence-electron chi connectivity index (χ3n) is 4.22. The molecule has 0 bridgehead atoms. The Bertz CT molecular complexity index is 744. The van der Waals surface area contributed by atoms with E-state index in [2.05, 4.69) is 20.6 Å². The Labute approximate surface area is 173 Å². The zero-order valence-electron chi connectivity index (χ0n) is 17.4. The molecule has 0 spiro atoms. The lowest BCUT2D eigenvalue weighted by Gasteiger charge is -2.10. The first-order valence-corrected chi connectivity index (χ1v) is 10.4. The van der Waals surface area contributed by atoms with E-state index < -0.39 is 0 Å². The number of benzene rings is 1. The van der Waals surface area contributed by atoms with Gasteiger partial charge in [-0.15, -0.1) is 0 Å². The summed E-state index contributed by atoms with van der Waals surface area (Å²) in [4.78, 5) is 20.4. The number of nitrogens with zero attached hydrogens (tertiary/aromatic N) is 2. The van der Waals surface area contributed by atoms with Gasteiger partial charge in [0.25, 0.3) is 0 Å². The molecule has 2 rings (SSSR count). The van der Waals surface area contributed by atoms with Crippen LogP contribution in [0.25, 0.3) is 11.5 Å². The topological polar surface area (TPSA) is 88.8 Å². The summed E-state index contributed by atoms with van der Waals surface area (Å²) in [5.41, 5.74) is 1.75. The molecule has 0 aliphatic carbocycles. The summed E-state index contributed by atoms with van der Waals surface area (Å²) in [7, 11) is 0. The molecule has 0 saturated carbocycles. The van der Waals surface area contributed by atoms with Crippen molar-refractivity contribution in [2.45, 2.75) is 52.5 Å². The van der Waals surface area contributed by atoms with Crippen molar-refractivity contribution in [1.82, 2.24) is 15.6 Å². The highest BCUT2D eigenvalue weighted by atomic mass is 16.5. The van der Waals surface area contributed by atoms with E-state index in [-0.39, 0.29) is 5.97 Å². The second kappa shape index (κ2) is 13.4. The molecule has 0 unspecified atom stereocenters. The van der Waals surface area contributed by atoms with Crippen molar-refractivity contribution in [2.24, 2.45) is 4.99 Å². The maximum Gasteiger partial charge on any atom is 0.305 e. The highest BCUT2D eigenvalue weighted by Crippen LogP contribution is 2.18. The van der Waals surface area contributed by atoms with Gasteiger partial charge in [0.05, 0.1) is 13.2 Å². The summed E-state index contributed by atoms with van der Waals surface area (Å²) in [5.74, 6) is 1.27. The van der Waals surface area contributed by atoms with Crippen LogP contribution in [0.15, 0.2) is 46.0 Å². The number of carbonyl (C=O) groups is 1. The molecule has 0 aliphatic rings. The van der Waals surface area contributed by atoms with Gasteiger partial charge in [-0.1, -0.05) is 31.0 Å². The maximum atomic E-state index is 11.3. The molecular weight excluding hydrogens is 368 g/mol. The van der Waals surface area contributed by atoms with Gasteiger partial charge in [0.15, 0.2) is 5.96 Å². The van der Waals surface area contributed by atoms with Crippen molar-refractivity contribution in [2.75, 3.05) is 19.7 Å². The fourth-order valence-corrected chi connectivity index (χ4v) is 2.78. The van der Waals surface area contributed by atoms with Crippen LogP contribution in [0.4, 0.5) is 0 Å². The fraction of sp³-hybridized carbons (Fsp3) is 0.500. The number of rotatable bonds is 12. The van der Waals surface area contributed by atoms with Gasteiger partial charge in [0.2, 0.25) is 5.89 Å². The number of ether oxygens (including phenoxy) is 1. The average molecular weight is 401 g/mol. The van der Waals surface area contributed by atoms with Gasteiger partial charge in [-0.3, -0.25) is 4.79 Å². The van der Waals surface area contributed by atoms with Gasteiger partial charge in [0.1, 0.15) is 12.0 Å². The zero-order chi connectivity index (χ0) is 20.7. The van der Waals surface area contributed by atoms with Crippen LogP contribution < -0.4 is 10.6 Å². The smallest absolute Gasteiger partial charge is 0.305 e. The summed E-state index contributed by atoms with van der Waals surface area (Å²) in [6.07, 6.45) is 6.15. The molecule has 1 aromatic carbocycles. The Hall–Kier alpha value is -2.83. The highest BCUT2D eigenvalue weighted by molar-refractivity contribution is 5.79. The number of nitrogens with one attached hydrogen (secondary N) is 2. The van der Waals surface area contributed by atoms with Gasteiger partial charge < -0.3 is 19.8 Å². The van der Waals surface area contributed by atoms with Crippen molar-refractivity contribution in [3.63, 3.8) is 0 Å². The van der Waals surface area contributed by atoms with E-state index in [0.29, 0.717) is 25.5 Å². The van der Waals surface area contributed by atoms with E-state index in [1.165, 1.54) is 0 Å². The van der Waals surface area contributed by atoms with Crippen molar-refractivity contribution in [3.05, 3.63) is 42.3 Å². The number of carbonyl (C=O) groups excluding carboxylic acids is 1. The molecule has 0 amide bonds. The highest BCUT2D eigenvalue weighted by Gasteiger charge is 2.06. The number of aliphatic imine (C=N–C) groups is 1. The molecule has 158 valence electrons. The molecule has 1 aromatic heterocycles. The quantitative estimate of drug-likeness (QED) is 0.243. The van der Waals surface area contributed by atoms with Crippen LogP contribution in [0.1, 0.15) is 51.6 Å². The van der Waals surface area contributed by atoms with Crippen LogP contribution in [0.5, 0.6) is 0 Å². The molecule has 0 aliphatic heterocycles. The second-order valence-electron chi connectivity index (χ2n) is 6.60. The van der Waals surface area contributed by atoms with Crippen LogP contribution in [0, 0.1) is 0 Å². The van der Waals surface area contributed by atoms with Gasteiger partial charge in [-0.25, -0.2) is 9.98 Å². The Morgan fingerprint density at radius 1 is 1.10 bits per heavy atom. The Kier molecular flexibility index (Phi) is 10.3. The van der Waals surface area contributed by atoms with Crippen LogP contribution in [0.2, 0.25) is 0 Å². The minimum absolute atomic E-state index is 0.101. The number of oxazole rings is 1. The standard InChI is InChI=1S/C22H32N4O3/c1-3-23-22(24-15-11-6-5-10-14-20(27)28-4-2)25-16-19-17-29-21(26-19)18-12-8-7-9-13-18/h7-9,12-13,17H,3-6,10-11,14-16H2,1-2H3,(H2,23,24,25). The molecular formula is C22H32N4O3. The number of hydrogen-bond acceptors (Lipinski definition) is 5. The Balaban J connectivity index is 1.70. The molecule has 2 aromatic rings. The molecule has 0 saturated heterocycles. The molecule has 0 radical (unpaired) electrons. The third-order valence-corrected chi connectivity index (χ3v) is 4.22. The van der Waals surface area contributed by atoms with Crippen molar-refractivity contribution in [1.29, 1.82) is 0 Å². The van der Waals surface area contributed by atoms with Crippen LogP contribution in [-0.2, 0) is 16.1 Å². The minimum Gasteiger partial charge on any atom is -0.466 e. The lowest BCUT2D eigenvalue weighted by Crippen LogP contribution is -2.37. The SMILES string of the molecule is CCNC(=NCc1coc(-c2ccccc2)n1)NCCCCCCC(=O)OCC. The lowest BCUT2D eigenvalue weighted by atomic mass is 10.1. The number of hydrogen-bond donors (Lipinski definition) is 2. The van der Waals surface area contributed by atoms with E-state index in [9.17, 15) is 4.79 Å². The number of esters is 1. The average Bonchev–Trinajstić information content (AvgIpc) is 3.21. The predicted octanol–water partition coefficient (Wildman–Crippen LogP) is 3.91. The Morgan fingerprint density at radius 2 is 1.90 bits per heavy atom. The zero-order valence-corrected chi connectivity index (χ0v) is 17.4. The number of aromatic nitrogens is 1. The van der Waals surface area contributed by atoms with Crippen molar-refractivity contribution < 1.29 is 13.9 Å².